The summed E-state index contributed by atoms with van der Waals surface area (Å²) in [6.07, 6.45) is 1.40. The number of nitrogens with one attached hydrogen (secondary N) is 1. The Morgan fingerprint density at radius 3 is 2.62 bits per heavy atom. The third-order valence-corrected chi connectivity index (χ3v) is 8.00. The molecule has 3 saturated heterocycles. The van der Waals surface area contributed by atoms with Gasteiger partial charge in [0.2, 0.25) is 11.8 Å². The highest BCUT2D eigenvalue weighted by molar-refractivity contribution is 5.89. The summed E-state index contributed by atoms with van der Waals surface area (Å²) >= 11 is 0. The van der Waals surface area contributed by atoms with Crippen molar-refractivity contribution in [1.82, 2.24) is 20.0 Å². The quantitative estimate of drug-likeness (QED) is 0.629. The Labute approximate surface area is 216 Å². The summed E-state index contributed by atoms with van der Waals surface area (Å²) in [6, 6.07) is 6.31. The average molecular weight is 512 g/mol. The average Bonchev–Trinajstić information content (AvgIpc) is 3.15. The van der Waals surface area contributed by atoms with Gasteiger partial charge in [0.05, 0.1) is 18.2 Å². The second-order valence-electron chi connectivity index (χ2n) is 11.7. The van der Waals surface area contributed by atoms with Gasteiger partial charge >= 0.3 is 6.09 Å². The molecule has 3 heterocycles. The molecule has 10 heteroatoms. The summed E-state index contributed by atoms with van der Waals surface area (Å²) in [6.45, 7) is 7.72. The maximum absolute atomic E-state index is 14.4. The van der Waals surface area contributed by atoms with Crippen LogP contribution in [0.2, 0.25) is 0 Å². The third-order valence-electron chi connectivity index (χ3n) is 8.00. The van der Waals surface area contributed by atoms with E-state index in [4.69, 9.17) is 4.74 Å². The lowest BCUT2D eigenvalue weighted by Gasteiger charge is -2.39. The highest BCUT2D eigenvalue weighted by Crippen LogP contribution is 2.48. The van der Waals surface area contributed by atoms with E-state index in [-0.39, 0.29) is 36.3 Å². The molecule has 1 aliphatic carbocycles. The van der Waals surface area contributed by atoms with Gasteiger partial charge in [-0.05, 0) is 58.9 Å². The Bertz CT molecular complexity index is 1150. The van der Waals surface area contributed by atoms with Crippen LogP contribution in [0.1, 0.15) is 58.6 Å². The van der Waals surface area contributed by atoms with E-state index >= 15 is 0 Å². The Morgan fingerprint density at radius 2 is 1.97 bits per heavy atom. The molecule has 1 aromatic rings. The third kappa shape index (κ3) is 4.77. The number of halogens is 1. The number of fused-ring (bicyclic) bond motifs is 3. The minimum absolute atomic E-state index is 0.0360. The second kappa shape index (κ2) is 9.28. The Balaban J connectivity index is 1.32. The molecule has 7 atom stereocenters. The van der Waals surface area contributed by atoms with Crippen LogP contribution < -0.4 is 5.32 Å². The predicted octanol–water partition coefficient (Wildman–Crippen LogP) is 2.58. The van der Waals surface area contributed by atoms with Gasteiger partial charge < -0.3 is 19.9 Å². The molecule has 5 rings (SSSR count). The van der Waals surface area contributed by atoms with E-state index < -0.39 is 35.9 Å². The lowest BCUT2D eigenvalue weighted by Crippen LogP contribution is -2.59. The fourth-order valence-corrected chi connectivity index (χ4v) is 6.30. The number of hydrogen-bond donors (Lipinski definition) is 1. The van der Waals surface area contributed by atoms with Crippen molar-refractivity contribution in [3.05, 3.63) is 35.6 Å². The van der Waals surface area contributed by atoms with E-state index in [0.717, 1.165) is 6.42 Å². The minimum Gasteiger partial charge on any atom is -0.444 e. The van der Waals surface area contributed by atoms with Crippen molar-refractivity contribution >= 4 is 17.9 Å². The number of likely N-dealkylation sites (tertiary alicyclic amines) is 3. The fraction of sp³-hybridized carbons (Fsp3) is 0.630. The summed E-state index contributed by atoms with van der Waals surface area (Å²) in [5.74, 6) is -0.415. The summed E-state index contributed by atoms with van der Waals surface area (Å²) in [5, 5.41) is 12.3. The van der Waals surface area contributed by atoms with Gasteiger partial charge in [0.15, 0.2) is 0 Å². The van der Waals surface area contributed by atoms with Crippen molar-refractivity contribution in [3.8, 4) is 6.07 Å². The van der Waals surface area contributed by atoms with Crippen molar-refractivity contribution in [1.29, 1.82) is 5.26 Å². The van der Waals surface area contributed by atoms with Gasteiger partial charge in [-0.25, -0.2) is 9.18 Å². The smallest absolute Gasteiger partial charge is 0.408 e. The van der Waals surface area contributed by atoms with Gasteiger partial charge in [-0.3, -0.25) is 14.5 Å². The molecule has 3 amide bonds. The summed E-state index contributed by atoms with van der Waals surface area (Å²) in [7, 11) is 0. The number of benzene rings is 1. The zero-order chi connectivity index (χ0) is 26.6. The van der Waals surface area contributed by atoms with Crippen molar-refractivity contribution < 1.29 is 23.5 Å². The molecule has 3 aliphatic heterocycles. The van der Waals surface area contributed by atoms with Crippen LogP contribution >= 0.6 is 0 Å². The van der Waals surface area contributed by atoms with Crippen molar-refractivity contribution in [3.63, 3.8) is 0 Å². The number of piperazine rings is 1. The first-order chi connectivity index (χ1) is 17.5. The Kier molecular flexibility index (Phi) is 6.39. The number of hydrogen-bond acceptors (Lipinski definition) is 6. The number of piperidine rings is 1. The lowest BCUT2D eigenvalue weighted by molar-refractivity contribution is -0.141. The summed E-state index contributed by atoms with van der Waals surface area (Å²) < 4.78 is 19.8. The molecule has 1 saturated carbocycles. The molecule has 9 nitrogen and oxygen atoms in total. The molecule has 1 unspecified atom stereocenters. The van der Waals surface area contributed by atoms with Crippen LogP contribution in [0, 0.1) is 23.1 Å². The number of nitriles is 1. The minimum atomic E-state index is -0.949. The van der Waals surface area contributed by atoms with Crippen LogP contribution in [0.25, 0.3) is 0 Å². The van der Waals surface area contributed by atoms with Gasteiger partial charge in [-0.15, -0.1) is 0 Å². The SMILES string of the molecule is C[C@@H](c1ccccc1F)N1C(=O)[C@H]2CC1CN2C[C@H](NC(=O)OC(C)(C)C)C(=O)N1[C@H](C#N)C[C@@H]2C[C@@H]21. The van der Waals surface area contributed by atoms with Gasteiger partial charge in [-0.1, -0.05) is 18.2 Å². The first-order valence-corrected chi connectivity index (χ1v) is 13.0. The van der Waals surface area contributed by atoms with E-state index in [0.29, 0.717) is 30.9 Å². The van der Waals surface area contributed by atoms with E-state index in [1.165, 1.54) is 6.07 Å². The highest BCUT2D eigenvalue weighted by atomic mass is 19.1. The van der Waals surface area contributed by atoms with Crippen LogP contribution in [-0.4, -0.2) is 81.5 Å². The van der Waals surface area contributed by atoms with Gasteiger partial charge in [0, 0.05) is 30.7 Å². The zero-order valence-corrected chi connectivity index (χ0v) is 21.7. The molecule has 0 radical (unpaired) electrons. The maximum atomic E-state index is 14.4. The van der Waals surface area contributed by atoms with Crippen molar-refractivity contribution in [2.45, 2.75) is 88.8 Å². The molecule has 1 N–H and O–H groups in total. The van der Waals surface area contributed by atoms with Gasteiger partial charge in [0.25, 0.3) is 0 Å². The molecule has 0 aromatic heterocycles. The molecule has 2 bridgehead atoms. The van der Waals surface area contributed by atoms with Crippen LogP contribution in [0.3, 0.4) is 0 Å². The van der Waals surface area contributed by atoms with E-state index in [2.05, 4.69) is 11.4 Å². The number of carbonyl (C=O) groups excluding carboxylic acids is 3. The first kappa shape index (κ1) is 25.5. The van der Waals surface area contributed by atoms with E-state index in [1.807, 2.05) is 11.8 Å². The molecule has 4 fully saturated rings. The van der Waals surface area contributed by atoms with Crippen LogP contribution in [0.4, 0.5) is 9.18 Å². The van der Waals surface area contributed by atoms with Crippen LogP contribution in [0.15, 0.2) is 24.3 Å². The van der Waals surface area contributed by atoms with E-state index in [9.17, 15) is 24.0 Å². The zero-order valence-electron chi connectivity index (χ0n) is 21.7. The Morgan fingerprint density at radius 1 is 1.24 bits per heavy atom. The normalized spacial score (nSPS) is 30.1. The molecule has 1 aromatic carbocycles. The monoisotopic (exact) mass is 511 g/mol. The number of rotatable bonds is 6. The van der Waals surface area contributed by atoms with Crippen LogP contribution in [0.5, 0.6) is 0 Å². The largest absolute Gasteiger partial charge is 0.444 e. The summed E-state index contributed by atoms with van der Waals surface area (Å²) in [5.41, 5.74) is -0.265. The van der Waals surface area contributed by atoms with Crippen molar-refractivity contribution in [2.75, 3.05) is 13.1 Å². The standard InChI is InChI=1S/C27H34FN5O4/c1-15(19-7-5-6-8-20(19)28)32-18-11-23(25(32)35)31(13-18)14-21(30-26(36)37-27(2,3)4)24(34)33-17(12-29)9-16-10-22(16)33/h5-8,15-18,21-23H,9-11,13-14H2,1-4H3,(H,30,36)/t15-,16+,17-,18?,21-,22-,23+/m0/s1. The molecular formula is C27H34FN5O4. The number of ether oxygens (including phenoxy) is 1. The highest BCUT2D eigenvalue weighted by Gasteiger charge is 2.56. The molecule has 37 heavy (non-hydrogen) atoms. The molecule has 198 valence electrons. The maximum Gasteiger partial charge on any atom is 0.408 e. The molecule has 4 aliphatic rings. The van der Waals surface area contributed by atoms with Gasteiger partial charge in [-0.2, -0.15) is 5.26 Å². The lowest BCUT2D eigenvalue weighted by atomic mass is 10.0. The fourth-order valence-electron chi connectivity index (χ4n) is 6.30. The van der Waals surface area contributed by atoms with Gasteiger partial charge in [0.1, 0.15) is 23.5 Å². The number of carbonyl (C=O) groups is 3. The number of nitrogens with zero attached hydrogens (tertiary/aromatic N) is 4. The molecular weight excluding hydrogens is 477 g/mol. The molecule has 0 spiro atoms. The summed E-state index contributed by atoms with van der Waals surface area (Å²) in [4.78, 5) is 45.0. The number of amides is 3. The van der Waals surface area contributed by atoms with E-state index in [1.54, 1.807) is 48.8 Å². The second-order valence-corrected chi connectivity index (χ2v) is 11.7. The van der Waals surface area contributed by atoms with Crippen LogP contribution in [-0.2, 0) is 14.3 Å². The predicted molar refractivity (Wildman–Crippen MR) is 131 cm³/mol. The Hall–Kier alpha value is -3.19. The topological polar surface area (TPSA) is 106 Å². The van der Waals surface area contributed by atoms with Crippen molar-refractivity contribution in [2.24, 2.45) is 5.92 Å². The number of alkyl carbamates (subject to hydrolysis) is 1. The first-order valence-electron chi connectivity index (χ1n) is 13.0.